The zero-order valence-corrected chi connectivity index (χ0v) is 11.4. The van der Waals surface area contributed by atoms with Crippen LogP contribution in [0, 0.1) is 0 Å². The van der Waals surface area contributed by atoms with E-state index in [9.17, 15) is 4.79 Å². The summed E-state index contributed by atoms with van der Waals surface area (Å²) >= 11 is 1.82. The number of thioether (sulfide) groups is 1. The minimum absolute atomic E-state index is 0.112. The van der Waals surface area contributed by atoms with Gasteiger partial charge in [-0.2, -0.15) is 11.8 Å². The molecule has 0 aliphatic carbocycles. The average Bonchev–Trinajstić information content (AvgIpc) is 2.73. The van der Waals surface area contributed by atoms with Crippen molar-refractivity contribution in [3.8, 4) is 0 Å². The highest BCUT2D eigenvalue weighted by atomic mass is 32.2. The number of anilines is 2. The number of urea groups is 1. The van der Waals surface area contributed by atoms with Gasteiger partial charge in [0.2, 0.25) is 0 Å². The first-order valence-electron chi connectivity index (χ1n) is 6.13. The topological polar surface area (TPSA) is 49.6 Å². The molecular formula is C13H19N3OS. The number of hydrogen-bond donors (Lipinski definition) is 1. The fourth-order valence-corrected chi connectivity index (χ4v) is 2.50. The Kier molecular flexibility index (Phi) is 4.36. The predicted octanol–water partition coefficient (Wildman–Crippen LogP) is 2.26. The van der Waals surface area contributed by atoms with Crippen LogP contribution in [0.1, 0.15) is 6.42 Å². The summed E-state index contributed by atoms with van der Waals surface area (Å²) in [6.45, 7) is 2.44. The summed E-state index contributed by atoms with van der Waals surface area (Å²) in [5.74, 6) is 1.10. The number of hydrogen-bond acceptors (Lipinski definition) is 3. The predicted molar refractivity (Wildman–Crippen MR) is 78.2 cm³/mol. The summed E-state index contributed by atoms with van der Waals surface area (Å²) in [6, 6.07) is 7.58. The zero-order valence-electron chi connectivity index (χ0n) is 10.6. The van der Waals surface area contributed by atoms with Crippen LogP contribution in [-0.4, -0.2) is 42.6 Å². The number of carbonyl (C=O) groups excluding carboxylic acids is 1. The van der Waals surface area contributed by atoms with E-state index in [2.05, 4.69) is 6.26 Å². The third-order valence-electron chi connectivity index (χ3n) is 3.08. The number of nitrogens with zero attached hydrogens (tertiary/aromatic N) is 2. The second kappa shape index (κ2) is 6.00. The minimum atomic E-state index is 0.112. The molecule has 18 heavy (non-hydrogen) atoms. The Morgan fingerprint density at radius 3 is 2.67 bits per heavy atom. The van der Waals surface area contributed by atoms with Crippen LogP contribution in [0.2, 0.25) is 0 Å². The number of nitrogens with two attached hydrogens (primary N) is 1. The fourth-order valence-electron chi connectivity index (χ4n) is 2.08. The van der Waals surface area contributed by atoms with E-state index in [0.717, 1.165) is 43.2 Å². The molecule has 0 atom stereocenters. The van der Waals surface area contributed by atoms with E-state index in [1.54, 1.807) is 0 Å². The van der Waals surface area contributed by atoms with Gasteiger partial charge in [0.05, 0.1) is 0 Å². The maximum atomic E-state index is 12.2. The molecule has 1 aliphatic heterocycles. The van der Waals surface area contributed by atoms with E-state index in [-0.39, 0.29) is 6.03 Å². The Bertz CT molecular complexity index is 407. The number of rotatable bonds is 5. The normalized spacial score (nSPS) is 15.5. The van der Waals surface area contributed by atoms with E-state index in [1.165, 1.54) is 0 Å². The summed E-state index contributed by atoms with van der Waals surface area (Å²) < 4.78 is 0. The molecular weight excluding hydrogens is 246 g/mol. The van der Waals surface area contributed by atoms with Crippen LogP contribution in [0.5, 0.6) is 0 Å². The molecule has 0 unspecified atom stereocenters. The molecule has 0 saturated carbocycles. The van der Waals surface area contributed by atoms with Crippen LogP contribution < -0.4 is 10.6 Å². The molecule has 1 aromatic rings. The van der Waals surface area contributed by atoms with Crippen molar-refractivity contribution in [1.29, 1.82) is 0 Å². The van der Waals surface area contributed by atoms with Crippen molar-refractivity contribution in [3.05, 3.63) is 24.3 Å². The number of nitrogen functional groups attached to an aromatic ring is 1. The Morgan fingerprint density at radius 1 is 1.28 bits per heavy atom. The van der Waals surface area contributed by atoms with Gasteiger partial charge in [-0.15, -0.1) is 0 Å². The third kappa shape index (κ3) is 2.90. The molecule has 2 rings (SSSR count). The van der Waals surface area contributed by atoms with Gasteiger partial charge in [0, 0.05) is 31.0 Å². The molecule has 0 aromatic heterocycles. The minimum Gasteiger partial charge on any atom is -0.399 e. The van der Waals surface area contributed by atoms with Crippen molar-refractivity contribution in [2.45, 2.75) is 6.42 Å². The van der Waals surface area contributed by atoms with Gasteiger partial charge in [0.1, 0.15) is 0 Å². The van der Waals surface area contributed by atoms with Crippen LogP contribution in [-0.2, 0) is 0 Å². The highest BCUT2D eigenvalue weighted by Crippen LogP contribution is 2.21. The van der Waals surface area contributed by atoms with Gasteiger partial charge in [0.25, 0.3) is 0 Å². The van der Waals surface area contributed by atoms with Gasteiger partial charge in [-0.3, -0.25) is 4.90 Å². The lowest BCUT2D eigenvalue weighted by molar-refractivity contribution is 0.221. The molecule has 4 nitrogen and oxygen atoms in total. The van der Waals surface area contributed by atoms with Gasteiger partial charge in [-0.05, 0) is 42.7 Å². The molecule has 5 heteroatoms. The lowest BCUT2D eigenvalue weighted by Crippen LogP contribution is -2.32. The first-order chi connectivity index (χ1) is 8.72. The average molecular weight is 265 g/mol. The molecule has 1 aromatic carbocycles. The Labute approximate surface area is 112 Å². The maximum Gasteiger partial charge on any atom is 0.324 e. The lowest BCUT2D eigenvalue weighted by atomic mass is 10.2. The highest BCUT2D eigenvalue weighted by molar-refractivity contribution is 7.98. The highest BCUT2D eigenvalue weighted by Gasteiger charge is 2.28. The molecule has 1 heterocycles. The Hall–Kier alpha value is -1.36. The summed E-state index contributed by atoms with van der Waals surface area (Å²) in [6.07, 6.45) is 3.15. The molecule has 2 N–H and O–H groups in total. The van der Waals surface area contributed by atoms with Crippen molar-refractivity contribution < 1.29 is 4.79 Å². The van der Waals surface area contributed by atoms with E-state index >= 15 is 0 Å². The molecule has 1 saturated heterocycles. The van der Waals surface area contributed by atoms with E-state index in [1.807, 2.05) is 45.8 Å². The van der Waals surface area contributed by atoms with Gasteiger partial charge >= 0.3 is 6.03 Å². The van der Waals surface area contributed by atoms with Crippen LogP contribution in [0.3, 0.4) is 0 Å². The number of amides is 2. The summed E-state index contributed by atoms with van der Waals surface area (Å²) in [4.78, 5) is 15.9. The second-order valence-electron chi connectivity index (χ2n) is 4.36. The molecule has 0 radical (unpaired) electrons. The summed E-state index contributed by atoms with van der Waals surface area (Å²) in [5, 5.41) is 0. The summed E-state index contributed by atoms with van der Waals surface area (Å²) in [5.41, 5.74) is 7.31. The molecule has 1 fully saturated rings. The SMILES string of the molecule is CSCCCN1CCN(c2ccc(N)cc2)C1=O. The largest absolute Gasteiger partial charge is 0.399 e. The van der Waals surface area contributed by atoms with Gasteiger partial charge in [-0.1, -0.05) is 0 Å². The van der Waals surface area contributed by atoms with Crippen molar-refractivity contribution >= 4 is 29.2 Å². The maximum absolute atomic E-state index is 12.2. The third-order valence-corrected chi connectivity index (χ3v) is 3.77. The molecule has 0 bridgehead atoms. The van der Waals surface area contributed by atoms with Crippen molar-refractivity contribution in [1.82, 2.24) is 4.90 Å². The van der Waals surface area contributed by atoms with Crippen molar-refractivity contribution in [2.24, 2.45) is 0 Å². The van der Waals surface area contributed by atoms with Crippen molar-refractivity contribution in [2.75, 3.05) is 42.3 Å². The standard InChI is InChI=1S/C13H19N3OS/c1-18-10-2-7-15-8-9-16(13(15)17)12-5-3-11(14)4-6-12/h3-6H,2,7-10,14H2,1H3. The molecule has 1 aliphatic rings. The van der Waals surface area contributed by atoms with Crippen LogP contribution >= 0.6 is 11.8 Å². The van der Waals surface area contributed by atoms with Crippen LogP contribution in [0.15, 0.2) is 24.3 Å². The number of carbonyl (C=O) groups is 1. The molecule has 98 valence electrons. The second-order valence-corrected chi connectivity index (χ2v) is 5.34. The van der Waals surface area contributed by atoms with Crippen molar-refractivity contribution in [3.63, 3.8) is 0 Å². The molecule has 2 amide bonds. The summed E-state index contributed by atoms with van der Waals surface area (Å²) in [7, 11) is 0. The van der Waals surface area contributed by atoms with Gasteiger partial charge in [-0.25, -0.2) is 4.79 Å². The van der Waals surface area contributed by atoms with Crippen LogP contribution in [0.4, 0.5) is 16.2 Å². The van der Waals surface area contributed by atoms with E-state index in [4.69, 9.17) is 5.73 Å². The van der Waals surface area contributed by atoms with Gasteiger partial charge in [0.15, 0.2) is 0 Å². The quantitative estimate of drug-likeness (QED) is 0.656. The Balaban J connectivity index is 1.96. The lowest BCUT2D eigenvalue weighted by Gasteiger charge is -2.18. The first-order valence-corrected chi connectivity index (χ1v) is 7.52. The monoisotopic (exact) mass is 265 g/mol. The van der Waals surface area contributed by atoms with E-state index < -0.39 is 0 Å². The van der Waals surface area contributed by atoms with Gasteiger partial charge < -0.3 is 10.6 Å². The van der Waals surface area contributed by atoms with Crippen LogP contribution in [0.25, 0.3) is 0 Å². The fraction of sp³-hybridized carbons (Fsp3) is 0.462. The smallest absolute Gasteiger partial charge is 0.324 e. The first kappa shape index (κ1) is 13.1. The zero-order chi connectivity index (χ0) is 13.0. The number of benzene rings is 1. The van der Waals surface area contributed by atoms with E-state index in [0.29, 0.717) is 0 Å². The molecule has 0 spiro atoms. The Morgan fingerprint density at radius 2 is 2.00 bits per heavy atom.